The van der Waals surface area contributed by atoms with Gasteiger partial charge in [-0.25, -0.2) is 0 Å². The van der Waals surface area contributed by atoms with Gasteiger partial charge in [0.05, 0.1) is 0 Å². The van der Waals surface area contributed by atoms with E-state index in [-0.39, 0.29) is 0 Å². The van der Waals surface area contributed by atoms with E-state index in [4.69, 9.17) is 0 Å². The van der Waals surface area contributed by atoms with Crippen molar-refractivity contribution in [2.75, 3.05) is 11.5 Å². The van der Waals surface area contributed by atoms with Gasteiger partial charge in [-0.3, -0.25) is 0 Å². The minimum atomic E-state index is 1.36. The lowest BCUT2D eigenvalue weighted by molar-refractivity contribution is 0.702. The monoisotopic (exact) mass is 192 g/mol. The molecule has 0 unspecified atom stereocenters. The van der Waals surface area contributed by atoms with Gasteiger partial charge in [0, 0.05) is 11.5 Å². The molecular formula is C9H20S2. The average molecular weight is 192 g/mol. The van der Waals surface area contributed by atoms with Gasteiger partial charge in [-0.1, -0.05) is 61.1 Å². The van der Waals surface area contributed by atoms with Crippen LogP contribution in [0.5, 0.6) is 0 Å². The first-order valence-corrected chi connectivity index (χ1v) is 7.15. The molecule has 1 heterocycles. The van der Waals surface area contributed by atoms with Crippen LogP contribution < -0.4 is 0 Å². The molecule has 1 saturated heterocycles. The van der Waals surface area contributed by atoms with Gasteiger partial charge in [-0.2, -0.15) is 0 Å². The Labute approximate surface area is 79.3 Å². The lowest BCUT2D eigenvalue weighted by Gasteiger charge is -1.86. The molecule has 0 spiro atoms. The van der Waals surface area contributed by atoms with E-state index in [9.17, 15) is 0 Å². The van der Waals surface area contributed by atoms with Crippen LogP contribution in [-0.2, 0) is 0 Å². The fourth-order valence-corrected chi connectivity index (χ4v) is 3.15. The highest BCUT2D eigenvalue weighted by Gasteiger charge is 1.96. The molecule has 1 fully saturated rings. The van der Waals surface area contributed by atoms with Gasteiger partial charge in [-0.05, 0) is 6.42 Å². The molecule has 0 aromatic heterocycles. The molecule has 0 saturated carbocycles. The summed E-state index contributed by atoms with van der Waals surface area (Å²) in [6.07, 6.45) is 6.96. The van der Waals surface area contributed by atoms with Crippen molar-refractivity contribution in [2.24, 2.45) is 0 Å². The predicted molar refractivity (Wildman–Crippen MR) is 59.3 cm³/mol. The van der Waals surface area contributed by atoms with E-state index < -0.39 is 0 Å². The Morgan fingerprint density at radius 2 is 1.36 bits per heavy atom. The van der Waals surface area contributed by atoms with E-state index in [1.807, 2.05) is 21.6 Å². The minimum Gasteiger partial charge on any atom is -0.0941 e. The van der Waals surface area contributed by atoms with Crippen LogP contribution in [0.2, 0.25) is 0 Å². The third-order valence-electron chi connectivity index (χ3n) is 1.50. The number of hydrogen-bond donors (Lipinski definition) is 0. The Kier molecular flexibility index (Phi) is 11.4. The fraction of sp³-hybridized carbons (Fsp3) is 1.00. The largest absolute Gasteiger partial charge is 0.0941 e. The summed E-state index contributed by atoms with van der Waals surface area (Å²) in [5.74, 6) is 2.76. The van der Waals surface area contributed by atoms with Crippen LogP contribution in [-0.4, -0.2) is 11.5 Å². The maximum atomic E-state index is 2.23. The average Bonchev–Trinajstić information content (AvgIpc) is 2.57. The third-order valence-corrected chi connectivity index (χ3v) is 4.07. The normalized spacial score (nSPS) is 15.8. The molecule has 11 heavy (non-hydrogen) atoms. The first-order chi connectivity index (χ1) is 5.41. The highest BCUT2D eigenvalue weighted by atomic mass is 33.1. The molecule has 0 radical (unpaired) electrons. The van der Waals surface area contributed by atoms with Crippen LogP contribution in [0.15, 0.2) is 0 Å². The first-order valence-electron chi connectivity index (χ1n) is 4.66. The lowest BCUT2D eigenvalue weighted by Crippen LogP contribution is -1.66. The summed E-state index contributed by atoms with van der Waals surface area (Å²) < 4.78 is 0. The second kappa shape index (κ2) is 10.7. The summed E-state index contributed by atoms with van der Waals surface area (Å²) in [6, 6.07) is 0. The van der Waals surface area contributed by atoms with Crippen LogP contribution in [0, 0.1) is 0 Å². The summed E-state index contributed by atoms with van der Waals surface area (Å²) in [4.78, 5) is 0. The molecule has 0 bridgehead atoms. The van der Waals surface area contributed by atoms with Crippen molar-refractivity contribution in [1.29, 1.82) is 0 Å². The Morgan fingerprint density at radius 3 is 1.55 bits per heavy atom. The molecule has 1 rings (SSSR count). The van der Waals surface area contributed by atoms with Crippen molar-refractivity contribution in [3.63, 3.8) is 0 Å². The predicted octanol–water partition coefficient (Wildman–Crippen LogP) is 4.36. The van der Waals surface area contributed by atoms with E-state index >= 15 is 0 Å². The lowest BCUT2D eigenvalue weighted by atomic mass is 10.2. The van der Waals surface area contributed by atoms with Gasteiger partial charge in [0.2, 0.25) is 0 Å². The van der Waals surface area contributed by atoms with E-state index in [1.54, 1.807) is 0 Å². The van der Waals surface area contributed by atoms with Gasteiger partial charge < -0.3 is 0 Å². The summed E-state index contributed by atoms with van der Waals surface area (Å²) in [7, 11) is 3.98. The first kappa shape index (κ1) is 11.7. The van der Waals surface area contributed by atoms with Crippen molar-refractivity contribution in [2.45, 2.75) is 46.0 Å². The Hall–Kier alpha value is 0.700. The Balaban J connectivity index is 0.000000183. The number of unbranched alkanes of at least 4 members (excludes halogenated alkanes) is 3. The van der Waals surface area contributed by atoms with Crippen molar-refractivity contribution in [1.82, 2.24) is 0 Å². The molecule has 0 amide bonds. The topological polar surface area (TPSA) is 0 Å². The third kappa shape index (κ3) is 10.7. The van der Waals surface area contributed by atoms with Gasteiger partial charge in [-0.15, -0.1) is 0 Å². The molecule has 68 valence electrons. The molecule has 0 nitrogen and oxygen atoms in total. The van der Waals surface area contributed by atoms with Crippen LogP contribution in [0.25, 0.3) is 0 Å². The number of rotatable bonds is 3. The van der Waals surface area contributed by atoms with E-state index in [0.717, 1.165) is 0 Å². The molecular weight excluding hydrogens is 172 g/mol. The van der Waals surface area contributed by atoms with Crippen molar-refractivity contribution in [3.8, 4) is 0 Å². The highest BCUT2D eigenvalue weighted by molar-refractivity contribution is 8.77. The van der Waals surface area contributed by atoms with Crippen LogP contribution >= 0.6 is 21.6 Å². The van der Waals surface area contributed by atoms with Gasteiger partial charge in [0.1, 0.15) is 0 Å². The fourth-order valence-electron chi connectivity index (χ4n) is 0.795. The minimum absolute atomic E-state index is 1.36. The van der Waals surface area contributed by atoms with Crippen molar-refractivity contribution < 1.29 is 0 Å². The molecule has 2 heteroatoms. The molecule has 1 aliphatic heterocycles. The zero-order valence-corrected chi connectivity index (χ0v) is 9.40. The molecule has 0 aromatic carbocycles. The molecule has 0 aliphatic carbocycles. The molecule has 0 N–H and O–H groups in total. The standard InChI is InChI=1S/C6H14.C3H6S2/c1-3-5-6-4-2;1-2-4-5-3-1/h3-6H2,1-2H3;1-3H2. The molecule has 1 aliphatic rings. The zero-order chi connectivity index (χ0) is 8.36. The van der Waals surface area contributed by atoms with Crippen LogP contribution in [0.4, 0.5) is 0 Å². The smallest absolute Gasteiger partial charge is 0.00450 e. The summed E-state index contributed by atoms with van der Waals surface area (Å²) in [5.41, 5.74) is 0. The van der Waals surface area contributed by atoms with Crippen LogP contribution in [0.3, 0.4) is 0 Å². The van der Waals surface area contributed by atoms with E-state index in [2.05, 4.69) is 13.8 Å². The van der Waals surface area contributed by atoms with Gasteiger partial charge in [0.25, 0.3) is 0 Å². The Morgan fingerprint density at radius 1 is 0.909 bits per heavy atom. The summed E-state index contributed by atoms with van der Waals surface area (Å²) in [5, 5.41) is 0. The maximum Gasteiger partial charge on any atom is 0.00450 e. The van der Waals surface area contributed by atoms with Gasteiger partial charge in [0.15, 0.2) is 0 Å². The quantitative estimate of drug-likeness (QED) is 0.481. The van der Waals surface area contributed by atoms with Crippen molar-refractivity contribution >= 4 is 21.6 Å². The van der Waals surface area contributed by atoms with Crippen LogP contribution in [0.1, 0.15) is 46.0 Å². The van der Waals surface area contributed by atoms with Gasteiger partial charge >= 0.3 is 0 Å². The second-order valence-corrected chi connectivity index (χ2v) is 5.41. The molecule has 0 aromatic rings. The second-order valence-electron chi connectivity index (χ2n) is 2.70. The van der Waals surface area contributed by atoms with E-state index in [1.165, 1.54) is 43.6 Å². The zero-order valence-electron chi connectivity index (χ0n) is 7.77. The van der Waals surface area contributed by atoms with Crippen molar-refractivity contribution in [3.05, 3.63) is 0 Å². The van der Waals surface area contributed by atoms with E-state index in [0.29, 0.717) is 0 Å². The SMILES string of the molecule is C1CSSC1.CCCCCC. The summed E-state index contributed by atoms with van der Waals surface area (Å²) in [6.45, 7) is 4.46. The number of hydrogen-bond acceptors (Lipinski definition) is 2. The Bertz CT molecular complexity index is 49.0. The highest BCUT2D eigenvalue weighted by Crippen LogP contribution is 2.29. The summed E-state index contributed by atoms with van der Waals surface area (Å²) >= 11 is 0. The maximum absolute atomic E-state index is 2.23. The molecule has 0 atom stereocenters.